The average molecular weight is 423 g/mol. The maximum atomic E-state index is 13.2. The molecule has 1 saturated heterocycles. The SMILES string of the molecule is CCc1ccc(C2CC(C(=O)Nc3ccc(OC)c(OC)c3)CN(CC3CC3)C2)cc1. The number of ether oxygens (including phenoxy) is 2. The van der Waals surface area contributed by atoms with Gasteiger partial charge in [-0.05, 0) is 60.8 Å². The third kappa shape index (κ3) is 5.40. The molecule has 1 N–H and O–H groups in total. The summed E-state index contributed by atoms with van der Waals surface area (Å²) < 4.78 is 10.7. The lowest BCUT2D eigenvalue weighted by Gasteiger charge is -2.37. The van der Waals surface area contributed by atoms with Gasteiger partial charge in [0.05, 0.1) is 20.1 Å². The molecule has 5 nitrogen and oxygen atoms in total. The van der Waals surface area contributed by atoms with Crippen molar-refractivity contribution in [2.75, 3.05) is 39.2 Å². The first-order chi connectivity index (χ1) is 15.1. The molecule has 0 bridgehead atoms. The van der Waals surface area contributed by atoms with Crippen LogP contribution in [-0.2, 0) is 11.2 Å². The number of piperidine rings is 1. The molecule has 2 atom stereocenters. The number of rotatable bonds is 8. The molecule has 2 aromatic rings. The minimum atomic E-state index is -0.0311. The van der Waals surface area contributed by atoms with Gasteiger partial charge in [0.15, 0.2) is 11.5 Å². The molecule has 0 spiro atoms. The quantitative estimate of drug-likeness (QED) is 0.669. The predicted molar refractivity (Wildman–Crippen MR) is 124 cm³/mol. The summed E-state index contributed by atoms with van der Waals surface area (Å²) in [5.74, 6) is 2.53. The Bertz CT molecular complexity index is 892. The molecule has 1 aliphatic carbocycles. The first-order valence-corrected chi connectivity index (χ1v) is 11.4. The smallest absolute Gasteiger partial charge is 0.228 e. The van der Waals surface area contributed by atoms with Gasteiger partial charge >= 0.3 is 0 Å². The number of amides is 1. The Morgan fingerprint density at radius 2 is 1.77 bits per heavy atom. The maximum Gasteiger partial charge on any atom is 0.228 e. The Labute approximate surface area is 185 Å². The summed E-state index contributed by atoms with van der Waals surface area (Å²) in [6.07, 6.45) is 4.59. The third-order valence-corrected chi connectivity index (χ3v) is 6.62. The number of carbonyl (C=O) groups excluding carboxylic acids is 1. The van der Waals surface area contributed by atoms with E-state index in [2.05, 4.69) is 41.4 Å². The molecule has 0 radical (unpaired) electrons. The van der Waals surface area contributed by atoms with Gasteiger partial charge in [-0.1, -0.05) is 31.2 Å². The molecule has 0 aromatic heterocycles. The van der Waals surface area contributed by atoms with Gasteiger partial charge in [-0.15, -0.1) is 0 Å². The third-order valence-electron chi connectivity index (χ3n) is 6.62. The number of hydrogen-bond donors (Lipinski definition) is 1. The van der Waals surface area contributed by atoms with Crippen LogP contribution in [0.4, 0.5) is 5.69 Å². The summed E-state index contributed by atoms with van der Waals surface area (Å²) >= 11 is 0. The summed E-state index contributed by atoms with van der Waals surface area (Å²) in [6.45, 7) is 5.17. The van der Waals surface area contributed by atoms with Crippen LogP contribution in [0.2, 0.25) is 0 Å². The summed E-state index contributed by atoms with van der Waals surface area (Å²) in [4.78, 5) is 15.7. The predicted octanol–water partition coefficient (Wildman–Crippen LogP) is 4.72. The van der Waals surface area contributed by atoms with E-state index in [1.54, 1.807) is 14.2 Å². The Hall–Kier alpha value is -2.53. The van der Waals surface area contributed by atoms with E-state index in [-0.39, 0.29) is 11.8 Å². The number of benzene rings is 2. The molecule has 1 amide bonds. The molecule has 1 heterocycles. The van der Waals surface area contributed by atoms with Crippen molar-refractivity contribution in [3.05, 3.63) is 53.6 Å². The topological polar surface area (TPSA) is 50.8 Å². The number of anilines is 1. The number of carbonyl (C=O) groups is 1. The van der Waals surface area contributed by atoms with Crippen molar-refractivity contribution in [2.45, 2.75) is 38.5 Å². The van der Waals surface area contributed by atoms with Gasteiger partial charge in [-0.2, -0.15) is 0 Å². The van der Waals surface area contributed by atoms with E-state index in [4.69, 9.17) is 9.47 Å². The van der Waals surface area contributed by atoms with Crippen molar-refractivity contribution in [2.24, 2.45) is 11.8 Å². The molecule has 31 heavy (non-hydrogen) atoms. The van der Waals surface area contributed by atoms with Gasteiger partial charge < -0.3 is 19.7 Å². The standard InChI is InChI=1S/C26H34N2O3/c1-4-18-7-9-20(10-8-18)21-13-22(17-28(16-21)15-19-5-6-19)26(29)27-23-11-12-24(30-2)25(14-23)31-3/h7-12,14,19,21-22H,4-6,13,15-17H2,1-3H3,(H,27,29). The van der Waals surface area contributed by atoms with Gasteiger partial charge in [0, 0.05) is 31.4 Å². The van der Waals surface area contributed by atoms with E-state index < -0.39 is 0 Å². The van der Waals surface area contributed by atoms with Gasteiger partial charge in [0.1, 0.15) is 0 Å². The molecule has 5 heteroatoms. The lowest BCUT2D eigenvalue weighted by Crippen LogP contribution is -2.44. The molecule has 166 valence electrons. The second-order valence-electron chi connectivity index (χ2n) is 8.95. The van der Waals surface area contributed by atoms with E-state index >= 15 is 0 Å². The van der Waals surface area contributed by atoms with Crippen LogP contribution in [0, 0.1) is 11.8 Å². The number of hydrogen-bond acceptors (Lipinski definition) is 4. The molecule has 2 aromatic carbocycles. The molecular formula is C26H34N2O3. The van der Waals surface area contributed by atoms with Crippen LogP contribution in [0.15, 0.2) is 42.5 Å². The number of nitrogens with one attached hydrogen (secondary N) is 1. The highest BCUT2D eigenvalue weighted by Crippen LogP contribution is 2.36. The molecule has 1 saturated carbocycles. The van der Waals surface area contributed by atoms with Crippen LogP contribution in [0.5, 0.6) is 11.5 Å². The van der Waals surface area contributed by atoms with E-state index in [1.165, 1.54) is 24.0 Å². The second-order valence-corrected chi connectivity index (χ2v) is 8.95. The fourth-order valence-corrected chi connectivity index (χ4v) is 4.62. The lowest BCUT2D eigenvalue weighted by atomic mass is 9.83. The van der Waals surface area contributed by atoms with Crippen LogP contribution >= 0.6 is 0 Å². The van der Waals surface area contributed by atoms with Crippen LogP contribution in [-0.4, -0.2) is 44.7 Å². The zero-order valence-corrected chi connectivity index (χ0v) is 18.9. The maximum absolute atomic E-state index is 13.2. The zero-order chi connectivity index (χ0) is 21.8. The summed E-state index contributed by atoms with van der Waals surface area (Å²) in [5, 5.41) is 3.12. The van der Waals surface area contributed by atoms with Gasteiger partial charge in [0.2, 0.25) is 5.91 Å². The van der Waals surface area contributed by atoms with Crippen LogP contribution in [0.3, 0.4) is 0 Å². The highest BCUT2D eigenvalue weighted by Gasteiger charge is 2.35. The second kappa shape index (κ2) is 9.73. The lowest BCUT2D eigenvalue weighted by molar-refractivity contribution is -0.121. The normalized spacial score (nSPS) is 21.5. The number of methoxy groups -OCH3 is 2. The van der Waals surface area contributed by atoms with Crippen molar-refractivity contribution >= 4 is 11.6 Å². The summed E-state index contributed by atoms with van der Waals surface area (Å²) in [6, 6.07) is 14.5. The molecular weight excluding hydrogens is 388 g/mol. The number of nitrogens with zero attached hydrogens (tertiary/aromatic N) is 1. The van der Waals surface area contributed by atoms with E-state index in [9.17, 15) is 4.79 Å². The van der Waals surface area contributed by atoms with Crippen molar-refractivity contribution in [1.82, 2.24) is 4.90 Å². The van der Waals surface area contributed by atoms with E-state index in [0.717, 1.165) is 44.1 Å². The van der Waals surface area contributed by atoms with Gasteiger partial charge in [-0.25, -0.2) is 0 Å². The Morgan fingerprint density at radius 3 is 2.42 bits per heavy atom. The zero-order valence-electron chi connectivity index (χ0n) is 18.9. The fourth-order valence-electron chi connectivity index (χ4n) is 4.62. The highest BCUT2D eigenvalue weighted by atomic mass is 16.5. The van der Waals surface area contributed by atoms with Gasteiger partial charge in [-0.3, -0.25) is 4.79 Å². The molecule has 4 rings (SSSR count). The van der Waals surface area contributed by atoms with Crippen LogP contribution in [0.25, 0.3) is 0 Å². The number of likely N-dealkylation sites (tertiary alicyclic amines) is 1. The molecule has 2 fully saturated rings. The Morgan fingerprint density at radius 1 is 1.03 bits per heavy atom. The first kappa shape index (κ1) is 21.7. The molecule has 2 unspecified atom stereocenters. The van der Waals surface area contributed by atoms with Crippen molar-refractivity contribution < 1.29 is 14.3 Å². The summed E-state index contributed by atoms with van der Waals surface area (Å²) in [5.41, 5.74) is 3.45. The van der Waals surface area contributed by atoms with E-state index in [1.807, 2.05) is 18.2 Å². The minimum Gasteiger partial charge on any atom is -0.493 e. The minimum absolute atomic E-state index is 0.0311. The largest absolute Gasteiger partial charge is 0.493 e. The van der Waals surface area contributed by atoms with Crippen LogP contribution < -0.4 is 14.8 Å². The Kier molecular flexibility index (Phi) is 6.81. The first-order valence-electron chi connectivity index (χ1n) is 11.4. The van der Waals surface area contributed by atoms with Gasteiger partial charge in [0.25, 0.3) is 0 Å². The molecule has 1 aliphatic heterocycles. The highest BCUT2D eigenvalue weighted by molar-refractivity contribution is 5.93. The Balaban J connectivity index is 1.48. The van der Waals surface area contributed by atoms with Crippen LogP contribution in [0.1, 0.15) is 43.2 Å². The monoisotopic (exact) mass is 422 g/mol. The van der Waals surface area contributed by atoms with Crippen molar-refractivity contribution in [3.63, 3.8) is 0 Å². The summed E-state index contributed by atoms with van der Waals surface area (Å²) in [7, 11) is 3.22. The van der Waals surface area contributed by atoms with Crippen molar-refractivity contribution in [3.8, 4) is 11.5 Å². The van der Waals surface area contributed by atoms with Crippen molar-refractivity contribution in [1.29, 1.82) is 0 Å². The average Bonchev–Trinajstić information content (AvgIpc) is 3.62. The van der Waals surface area contributed by atoms with E-state index in [0.29, 0.717) is 17.4 Å². The molecule has 2 aliphatic rings. The fraction of sp³-hybridized carbons (Fsp3) is 0.500. The number of aryl methyl sites for hydroxylation is 1.